The van der Waals surface area contributed by atoms with Crippen molar-refractivity contribution in [2.75, 3.05) is 11.9 Å². The van der Waals surface area contributed by atoms with E-state index in [1.54, 1.807) is 0 Å². The number of rotatable bonds is 8. The van der Waals surface area contributed by atoms with Crippen LogP contribution in [0.15, 0.2) is 34.3 Å². The minimum absolute atomic E-state index is 0.0984. The lowest BCUT2D eigenvalue weighted by Gasteiger charge is -2.15. The van der Waals surface area contributed by atoms with Gasteiger partial charge in [-0.25, -0.2) is 14.6 Å². The molecule has 2 aromatic heterocycles. The first kappa shape index (κ1) is 24.2. The highest BCUT2D eigenvalue weighted by molar-refractivity contribution is 7.99. The largest absolute Gasteiger partial charge is 0.481 e. The number of benzene rings is 1. The van der Waals surface area contributed by atoms with E-state index in [-0.39, 0.29) is 18.0 Å². The minimum Gasteiger partial charge on any atom is -0.481 e. The first-order valence-electron chi connectivity index (χ1n) is 10.8. The number of aliphatic hydroxyl groups is 1. The number of nitrogens with zero attached hydrogens (tertiary/aromatic N) is 5. The van der Waals surface area contributed by atoms with Gasteiger partial charge in [0.05, 0.1) is 23.6 Å². The number of anilines is 1. The van der Waals surface area contributed by atoms with Crippen molar-refractivity contribution in [3.63, 3.8) is 0 Å². The molecule has 13 heteroatoms. The summed E-state index contributed by atoms with van der Waals surface area (Å²) in [6.45, 7) is 2.66. The molecule has 3 N–H and O–H groups in total. The monoisotopic (exact) mass is 496 g/mol. The van der Waals surface area contributed by atoms with E-state index < -0.39 is 35.8 Å². The lowest BCUT2D eigenvalue weighted by Crippen LogP contribution is -2.20. The van der Waals surface area contributed by atoms with Crippen LogP contribution in [0.4, 0.5) is 19.0 Å². The third-order valence-corrected chi connectivity index (χ3v) is 6.55. The average Bonchev–Trinajstić information content (AvgIpc) is 3.37. The molecule has 2 unspecified atom stereocenters. The van der Waals surface area contributed by atoms with Gasteiger partial charge in [0.25, 0.3) is 0 Å². The van der Waals surface area contributed by atoms with Gasteiger partial charge < -0.3 is 15.5 Å². The number of aliphatic hydroxyl groups excluding tert-OH is 1. The maximum atomic E-state index is 12.9. The maximum Gasteiger partial charge on any atom is 0.416 e. The van der Waals surface area contributed by atoms with Crippen molar-refractivity contribution in [2.45, 2.75) is 61.0 Å². The number of aliphatic carboxylic acids is 1. The Bertz CT molecular complexity index is 1170. The van der Waals surface area contributed by atoms with Gasteiger partial charge in [-0.05, 0) is 55.3 Å². The second-order valence-electron chi connectivity index (χ2n) is 8.11. The molecule has 0 spiro atoms. The van der Waals surface area contributed by atoms with Gasteiger partial charge in [-0.3, -0.25) is 4.79 Å². The number of nitrogens with one attached hydrogen (secondary N) is 1. The third kappa shape index (κ3) is 5.09. The molecular formula is C21H23F3N6O3S. The number of carboxylic acid groups (broad SMARTS) is 1. The van der Waals surface area contributed by atoms with Crippen LogP contribution in [0.2, 0.25) is 0 Å². The van der Waals surface area contributed by atoms with Gasteiger partial charge in [0.2, 0.25) is 0 Å². The predicted octanol–water partition coefficient (Wildman–Crippen LogP) is 4.00. The van der Waals surface area contributed by atoms with Gasteiger partial charge in [-0.2, -0.15) is 13.2 Å². The number of carboxylic acids is 1. The zero-order valence-corrected chi connectivity index (χ0v) is 19.0. The molecule has 0 radical (unpaired) electrons. The Labute approximate surface area is 196 Å². The molecule has 1 fully saturated rings. The molecule has 34 heavy (non-hydrogen) atoms. The number of hydrogen-bond donors (Lipinski definition) is 3. The first-order valence-corrected chi connectivity index (χ1v) is 11.6. The van der Waals surface area contributed by atoms with Crippen LogP contribution in [-0.4, -0.2) is 53.8 Å². The van der Waals surface area contributed by atoms with Gasteiger partial charge in [-0.15, -0.1) is 5.10 Å². The highest BCUT2D eigenvalue weighted by atomic mass is 32.2. The van der Waals surface area contributed by atoms with Crippen LogP contribution in [0.3, 0.4) is 0 Å². The van der Waals surface area contributed by atoms with Gasteiger partial charge >= 0.3 is 12.1 Å². The summed E-state index contributed by atoms with van der Waals surface area (Å²) in [5, 5.41) is 31.6. The zero-order chi connectivity index (χ0) is 24.5. The number of fused-ring (bicyclic) bond motifs is 1. The van der Waals surface area contributed by atoms with Crippen LogP contribution in [0, 0.1) is 5.92 Å². The normalized spacial score (nSPS) is 20.7. The molecule has 4 rings (SSSR count). The Balaban J connectivity index is 1.69. The summed E-state index contributed by atoms with van der Waals surface area (Å²) < 4.78 is 40.0. The van der Waals surface area contributed by atoms with Crippen molar-refractivity contribution in [3.05, 3.63) is 29.8 Å². The van der Waals surface area contributed by atoms with Crippen molar-refractivity contribution in [3.8, 4) is 0 Å². The summed E-state index contributed by atoms with van der Waals surface area (Å²) >= 11 is 1.08. The molecule has 1 aliphatic carbocycles. The molecule has 1 saturated carbocycles. The quantitative estimate of drug-likeness (QED) is 0.313. The molecule has 0 saturated heterocycles. The topological polar surface area (TPSA) is 126 Å². The minimum atomic E-state index is -4.43. The highest BCUT2D eigenvalue weighted by Gasteiger charge is 2.40. The van der Waals surface area contributed by atoms with Crippen LogP contribution in [0.25, 0.3) is 11.2 Å². The highest BCUT2D eigenvalue weighted by Crippen LogP contribution is 2.37. The Hall–Kier alpha value is -2.93. The average molecular weight is 497 g/mol. The first-order chi connectivity index (χ1) is 16.2. The molecule has 9 nitrogen and oxygen atoms in total. The summed E-state index contributed by atoms with van der Waals surface area (Å²) in [6.07, 6.45) is -3.25. The smallest absolute Gasteiger partial charge is 0.416 e. The Kier molecular flexibility index (Phi) is 6.94. The van der Waals surface area contributed by atoms with Gasteiger partial charge in [0.15, 0.2) is 22.1 Å². The van der Waals surface area contributed by atoms with E-state index in [1.165, 1.54) is 16.8 Å². The summed E-state index contributed by atoms with van der Waals surface area (Å²) in [5.41, 5.74) is -0.0574. The number of hydrogen-bond acceptors (Lipinski definition) is 8. The second-order valence-corrected chi connectivity index (χ2v) is 9.15. The van der Waals surface area contributed by atoms with E-state index in [4.69, 9.17) is 0 Å². The van der Waals surface area contributed by atoms with Crippen LogP contribution < -0.4 is 5.32 Å². The van der Waals surface area contributed by atoms with Gasteiger partial charge in [-0.1, -0.05) is 18.6 Å². The Morgan fingerprint density at radius 3 is 2.59 bits per heavy atom. The Morgan fingerprint density at radius 2 is 1.97 bits per heavy atom. The maximum absolute atomic E-state index is 12.9. The zero-order valence-electron chi connectivity index (χ0n) is 18.2. The second kappa shape index (κ2) is 9.74. The molecule has 0 aliphatic heterocycles. The van der Waals surface area contributed by atoms with E-state index in [1.807, 2.05) is 6.92 Å². The van der Waals surface area contributed by atoms with Crippen LogP contribution in [-0.2, 0) is 11.0 Å². The van der Waals surface area contributed by atoms with E-state index in [9.17, 15) is 28.2 Å². The standard InChI is InChI=1S/C21H23F3N6O3S/c1-2-3-8-25-17-16-18(30(29-28-16)14-9-11(19(32)33)10-15(14)31)27-20(26-17)34-13-6-4-12(5-7-13)21(22,23)24/h4-7,11,14-15,31H,2-3,8-10H2,1H3,(H,32,33)(H,25,26,27)/t11-,14?,15?/m0/s1. The molecular weight excluding hydrogens is 473 g/mol. The molecule has 2 heterocycles. The summed E-state index contributed by atoms with van der Waals surface area (Å²) in [7, 11) is 0. The lowest BCUT2D eigenvalue weighted by molar-refractivity contribution is -0.141. The van der Waals surface area contributed by atoms with Crippen molar-refractivity contribution in [1.29, 1.82) is 0 Å². The van der Waals surface area contributed by atoms with Gasteiger partial charge in [0, 0.05) is 11.4 Å². The number of alkyl halides is 3. The van der Waals surface area contributed by atoms with E-state index in [2.05, 4.69) is 25.6 Å². The third-order valence-electron chi connectivity index (χ3n) is 5.68. The molecule has 3 atom stereocenters. The van der Waals surface area contributed by atoms with Crippen LogP contribution in [0.1, 0.15) is 44.2 Å². The summed E-state index contributed by atoms with van der Waals surface area (Å²) in [4.78, 5) is 20.9. The summed E-state index contributed by atoms with van der Waals surface area (Å²) in [6, 6.07) is 4.06. The molecule has 0 amide bonds. The number of aromatic nitrogens is 5. The van der Waals surface area contributed by atoms with Crippen molar-refractivity contribution in [1.82, 2.24) is 25.0 Å². The fraction of sp³-hybridized carbons (Fsp3) is 0.476. The van der Waals surface area contributed by atoms with Crippen LogP contribution >= 0.6 is 11.8 Å². The fourth-order valence-corrected chi connectivity index (χ4v) is 4.61. The van der Waals surface area contributed by atoms with Crippen molar-refractivity contribution in [2.24, 2.45) is 5.92 Å². The predicted molar refractivity (Wildman–Crippen MR) is 117 cm³/mol. The number of carbonyl (C=O) groups is 1. The molecule has 3 aromatic rings. The Morgan fingerprint density at radius 1 is 1.24 bits per heavy atom. The van der Waals surface area contributed by atoms with Crippen LogP contribution in [0.5, 0.6) is 0 Å². The van der Waals surface area contributed by atoms with E-state index in [0.29, 0.717) is 28.4 Å². The molecule has 1 aromatic carbocycles. The van der Waals surface area contributed by atoms with Crippen molar-refractivity contribution < 1.29 is 28.2 Å². The van der Waals surface area contributed by atoms with Crippen molar-refractivity contribution >= 4 is 34.7 Å². The van der Waals surface area contributed by atoms with E-state index >= 15 is 0 Å². The molecule has 182 valence electrons. The number of halogens is 3. The van der Waals surface area contributed by atoms with E-state index in [0.717, 1.165) is 36.7 Å². The van der Waals surface area contributed by atoms with Gasteiger partial charge in [0.1, 0.15) is 0 Å². The molecule has 0 bridgehead atoms. The number of unbranched alkanes of at least 4 members (excludes halogenated alkanes) is 1. The lowest BCUT2D eigenvalue weighted by atomic mass is 10.1. The molecule has 1 aliphatic rings. The summed E-state index contributed by atoms with van der Waals surface area (Å²) in [5.74, 6) is -1.27. The fourth-order valence-electron chi connectivity index (χ4n) is 3.86. The SMILES string of the molecule is CCCCNc1nc(Sc2ccc(C(F)(F)F)cc2)nc2c1nnn2C1C[C@H](C(=O)O)CC1O.